The minimum atomic E-state index is -0.449. The summed E-state index contributed by atoms with van der Waals surface area (Å²) in [5.74, 6) is 0.954. The van der Waals surface area contributed by atoms with Crippen LogP contribution in [-0.2, 0) is 22.7 Å². The third-order valence-corrected chi connectivity index (χ3v) is 4.71. The molecule has 2 amide bonds. The standard InChI is InChI=1S/C15H20N6O2S/c1-10-18-13(20-19-10)8-17-14(22)7-12-15(23)16-4-5-21(12)9-11-3-2-6-24-11/h2-3,6,12H,4-5,7-9H2,1H3,(H,16,23)(H,17,22)(H,18,19,20)/t12-/m0/s1. The van der Waals surface area contributed by atoms with Crippen molar-refractivity contribution in [3.63, 3.8) is 0 Å². The van der Waals surface area contributed by atoms with E-state index in [2.05, 4.69) is 30.7 Å². The third kappa shape index (κ3) is 4.18. The third-order valence-electron chi connectivity index (χ3n) is 3.85. The lowest BCUT2D eigenvalue weighted by Crippen LogP contribution is -2.56. The number of nitrogens with one attached hydrogen (secondary N) is 3. The van der Waals surface area contributed by atoms with Gasteiger partial charge in [-0.1, -0.05) is 6.07 Å². The van der Waals surface area contributed by atoms with Gasteiger partial charge in [-0.05, 0) is 18.4 Å². The van der Waals surface area contributed by atoms with E-state index >= 15 is 0 Å². The molecule has 1 aliphatic heterocycles. The van der Waals surface area contributed by atoms with E-state index in [-0.39, 0.29) is 24.8 Å². The van der Waals surface area contributed by atoms with Gasteiger partial charge in [0, 0.05) is 24.5 Å². The van der Waals surface area contributed by atoms with Gasteiger partial charge >= 0.3 is 0 Å². The molecule has 1 fully saturated rings. The number of hydrogen-bond acceptors (Lipinski definition) is 6. The maximum absolute atomic E-state index is 12.2. The molecule has 3 rings (SSSR count). The first-order valence-corrected chi connectivity index (χ1v) is 8.68. The van der Waals surface area contributed by atoms with Crippen molar-refractivity contribution in [2.75, 3.05) is 13.1 Å². The zero-order chi connectivity index (χ0) is 16.9. The highest BCUT2D eigenvalue weighted by atomic mass is 32.1. The summed E-state index contributed by atoms with van der Waals surface area (Å²) in [6.07, 6.45) is 0.126. The zero-order valence-corrected chi connectivity index (χ0v) is 14.2. The molecule has 2 aromatic heterocycles. The van der Waals surface area contributed by atoms with Gasteiger partial charge in [0.1, 0.15) is 5.82 Å². The highest BCUT2D eigenvalue weighted by molar-refractivity contribution is 7.09. The number of aromatic nitrogens is 3. The highest BCUT2D eigenvalue weighted by Crippen LogP contribution is 2.17. The fraction of sp³-hybridized carbons (Fsp3) is 0.467. The van der Waals surface area contributed by atoms with E-state index in [9.17, 15) is 9.59 Å². The van der Waals surface area contributed by atoms with Crippen LogP contribution in [0.4, 0.5) is 0 Å². The molecule has 0 radical (unpaired) electrons. The minimum absolute atomic E-state index is 0.0957. The van der Waals surface area contributed by atoms with E-state index < -0.39 is 6.04 Å². The number of H-pyrrole nitrogens is 1. The monoisotopic (exact) mass is 348 g/mol. The summed E-state index contributed by atoms with van der Waals surface area (Å²) in [7, 11) is 0. The molecule has 2 aromatic rings. The predicted molar refractivity (Wildman–Crippen MR) is 89.1 cm³/mol. The Morgan fingerprint density at radius 3 is 3.12 bits per heavy atom. The second kappa shape index (κ2) is 7.54. The van der Waals surface area contributed by atoms with Gasteiger partial charge in [0.2, 0.25) is 11.8 Å². The molecule has 0 unspecified atom stereocenters. The average Bonchev–Trinajstić information content (AvgIpc) is 3.20. The average molecular weight is 348 g/mol. The van der Waals surface area contributed by atoms with Gasteiger partial charge in [-0.3, -0.25) is 19.6 Å². The first-order valence-electron chi connectivity index (χ1n) is 7.80. The zero-order valence-electron chi connectivity index (χ0n) is 13.4. The normalized spacial score (nSPS) is 18.4. The van der Waals surface area contributed by atoms with Crippen molar-refractivity contribution in [3.8, 4) is 0 Å². The van der Waals surface area contributed by atoms with Crippen molar-refractivity contribution in [1.82, 2.24) is 30.7 Å². The molecule has 0 saturated carbocycles. The number of piperazine rings is 1. The maximum atomic E-state index is 12.2. The maximum Gasteiger partial charge on any atom is 0.237 e. The summed E-state index contributed by atoms with van der Waals surface area (Å²) >= 11 is 1.65. The molecule has 1 saturated heterocycles. The Hall–Kier alpha value is -2.26. The summed E-state index contributed by atoms with van der Waals surface area (Å²) in [6.45, 7) is 4.08. The van der Waals surface area contributed by atoms with Crippen LogP contribution < -0.4 is 10.6 Å². The molecule has 3 heterocycles. The van der Waals surface area contributed by atoms with Crippen molar-refractivity contribution >= 4 is 23.2 Å². The van der Waals surface area contributed by atoms with Crippen LogP contribution in [0.3, 0.4) is 0 Å². The molecule has 1 aliphatic rings. The first kappa shape index (κ1) is 16.6. The Labute approximate surface area is 143 Å². The second-order valence-corrected chi connectivity index (χ2v) is 6.71. The molecule has 0 aromatic carbocycles. The number of aromatic amines is 1. The van der Waals surface area contributed by atoms with E-state index in [0.717, 1.165) is 6.54 Å². The fourth-order valence-corrected chi connectivity index (χ4v) is 3.40. The van der Waals surface area contributed by atoms with Crippen LogP contribution in [0, 0.1) is 6.92 Å². The molecule has 1 atom stereocenters. The number of rotatable bonds is 6. The number of aryl methyl sites for hydroxylation is 1. The predicted octanol–water partition coefficient (Wildman–Crippen LogP) is 0.182. The van der Waals surface area contributed by atoms with Gasteiger partial charge in [-0.2, -0.15) is 5.10 Å². The lowest BCUT2D eigenvalue weighted by molar-refractivity contribution is -0.134. The fourth-order valence-electron chi connectivity index (χ4n) is 2.67. The van der Waals surface area contributed by atoms with Gasteiger partial charge < -0.3 is 10.6 Å². The van der Waals surface area contributed by atoms with Crippen molar-refractivity contribution in [3.05, 3.63) is 34.0 Å². The Morgan fingerprint density at radius 2 is 2.42 bits per heavy atom. The number of nitrogens with zero attached hydrogens (tertiary/aromatic N) is 3. The van der Waals surface area contributed by atoms with E-state index in [1.807, 2.05) is 17.5 Å². The summed E-state index contributed by atoms with van der Waals surface area (Å²) in [5.41, 5.74) is 0. The van der Waals surface area contributed by atoms with Gasteiger partial charge in [0.15, 0.2) is 5.82 Å². The molecule has 9 heteroatoms. The Balaban J connectivity index is 1.57. The molecule has 24 heavy (non-hydrogen) atoms. The molecule has 128 valence electrons. The van der Waals surface area contributed by atoms with Crippen LogP contribution in [0.2, 0.25) is 0 Å². The number of hydrogen-bond donors (Lipinski definition) is 3. The quantitative estimate of drug-likeness (QED) is 0.691. The Morgan fingerprint density at radius 1 is 1.54 bits per heavy atom. The number of carbonyl (C=O) groups is 2. The summed E-state index contributed by atoms with van der Waals surface area (Å²) < 4.78 is 0. The van der Waals surface area contributed by atoms with Crippen LogP contribution in [0.25, 0.3) is 0 Å². The number of carbonyl (C=O) groups excluding carboxylic acids is 2. The van der Waals surface area contributed by atoms with E-state index in [0.29, 0.717) is 24.7 Å². The molecular weight excluding hydrogens is 328 g/mol. The van der Waals surface area contributed by atoms with Gasteiger partial charge in [-0.15, -0.1) is 11.3 Å². The molecule has 8 nitrogen and oxygen atoms in total. The van der Waals surface area contributed by atoms with Crippen molar-refractivity contribution < 1.29 is 9.59 Å². The smallest absolute Gasteiger partial charge is 0.237 e. The highest BCUT2D eigenvalue weighted by Gasteiger charge is 2.31. The molecule has 0 aliphatic carbocycles. The van der Waals surface area contributed by atoms with Gasteiger partial charge in [0.05, 0.1) is 19.0 Å². The minimum Gasteiger partial charge on any atom is -0.353 e. The first-order chi connectivity index (χ1) is 11.6. The topological polar surface area (TPSA) is 103 Å². The Kier molecular flexibility index (Phi) is 5.21. The number of thiophene rings is 1. The molecule has 0 spiro atoms. The summed E-state index contributed by atoms with van der Waals surface area (Å²) in [6, 6.07) is 3.58. The van der Waals surface area contributed by atoms with Crippen LogP contribution in [0.15, 0.2) is 17.5 Å². The van der Waals surface area contributed by atoms with E-state index in [1.165, 1.54) is 4.88 Å². The summed E-state index contributed by atoms with van der Waals surface area (Å²) in [5, 5.41) is 14.3. The van der Waals surface area contributed by atoms with Gasteiger partial charge in [0.25, 0.3) is 0 Å². The molecule has 0 bridgehead atoms. The van der Waals surface area contributed by atoms with Gasteiger partial charge in [-0.25, -0.2) is 4.98 Å². The SMILES string of the molecule is Cc1nc(CNC(=O)C[C@H]2C(=O)NCCN2Cc2cccs2)n[nH]1. The van der Waals surface area contributed by atoms with Crippen molar-refractivity contribution in [2.24, 2.45) is 0 Å². The van der Waals surface area contributed by atoms with Crippen LogP contribution in [-0.4, -0.2) is 51.0 Å². The van der Waals surface area contributed by atoms with Crippen molar-refractivity contribution in [2.45, 2.75) is 32.5 Å². The van der Waals surface area contributed by atoms with Crippen LogP contribution in [0.5, 0.6) is 0 Å². The number of amides is 2. The van der Waals surface area contributed by atoms with E-state index in [1.54, 1.807) is 18.3 Å². The van der Waals surface area contributed by atoms with Crippen LogP contribution in [0.1, 0.15) is 22.9 Å². The summed E-state index contributed by atoms with van der Waals surface area (Å²) in [4.78, 5) is 31.8. The van der Waals surface area contributed by atoms with Crippen LogP contribution >= 0.6 is 11.3 Å². The Bertz CT molecular complexity index is 699. The largest absolute Gasteiger partial charge is 0.353 e. The van der Waals surface area contributed by atoms with E-state index in [4.69, 9.17) is 0 Å². The molecular formula is C15H20N6O2S. The lowest BCUT2D eigenvalue weighted by Gasteiger charge is -2.34. The lowest BCUT2D eigenvalue weighted by atomic mass is 10.1. The second-order valence-electron chi connectivity index (χ2n) is 5.67. The molecule has 3 N–H and O–H groups in total. The van der Waals surface area contributed by atoms with Crippen molar-refractivity contribution in [1.29, 1.82) is 0 Å².